The Morgan fingerprint density at radius 3 is 2.11 bits per heavy atom. The van der Waals surface area contributed by atoms with Crippen LogP contribution in [0.5, 0.6) is 0 Å². The van der Waals surface area contributed by atoms with E-state index in [1.807, 2.05) is 18.2 Å². The number of fused-ring (bicyclic) bond motifs is 9. The number of hydrogen-bond acceptors (Lipinski definition) is 4. The average molecular weight is 594 g/mol. The molecule has 0 aliphatic rings. The third-order valence-corrected chi connectivity index (χ3v) is 9.99. The van der Waals surface area contributed by atoms with Gasteiger partial charge < -0.3 is 8.98 Å². The molecule has 10 rings (SSSR count). The summed E-state index contributed by atoms with van der Waals surface area (Å²) in [5.41, 5.74) is 9.26. The maximum Gasteiger partial charge on any atom is 0.160 e. The highest BCUT2D eigenvalue weighted by Crippen LogP contribution is 2.41. The van der Waals surface area contributed by atoms with Gasteiger partial charge in [0, 0.05) is 48.4 Å². The number of hydrogen-bond donors (Lipinski definition) is 0. The molecule has 0 amide bonds. The molecule has 0 fully saturated rings. The molecule has 4 heterocycles. The Morgan fingerprint density at radius 1 is 0.511 bits per heavy atom. The summed E-state index contributed by atoms with van der Waals surface area (Å²) >= 11 is 1.76. The van der Waals surface area contributed by atoms with Crippen LogP contribution in [0.3, 0.4) is 0 Å². The fraction of sp³-hybridized carbons (Fsp3) is 0. The van der Waals surface area contributed by atoms with Gasteiger partial charge in [-0.1, -0.05) is 84.9 Å². The maximum absolute atomic E-state index is 6.26. The van der Waals surface area contributed by atoms with Gasteiger partial charge in [-0.2, -0.15) is 0 Å². The molecule has 0 aliphatic carbocycles. The third kappa shape index (κ3) is 3.65. The van der Waals surface area contributed by atoms with Crippen molar-refractivity contribution >= 4 is 75.4 Å². The second kappa shape index (κ2) is 9.36. The van der Waals surface area contributed by atoms with Crippen LogP contribution in [0.4, 0.5) is 0 Å². The Hall–Kier alpha value is -5.78. The summed E-state index contributed by atoms with van der Waals surface area (Å²) in [6.07, 6.45) is 0. The fourth-order valence-corrected chi connectivity index (χ4v) is 7.89. The number of thiophene rings is 1. The van der Waals surface area contributed by atoms with Crippen molar-refractivity contribution in [3.05, 3.63) is 140 Å². The SMILES string of the molecule is c1ccc(-c2nc(-c3ccc(-n4c5ccccc5c5cc6oc7ccccc7c6cc54)cc3)nc3c2sc2ccccc23)cc1. The third-order valence-electron chi connectivity index (χ3n) is 8.82. The molecule has 45 heavy (non-hydrogen) atoms. The standard InChI is InChI=1S/C40H23N3OS/c1-2-10-24(11-3-1)37-39-38(29-14-6-9-17-36(29)45-39)42-40(41-37)25-18-20-26(21-19-25)43-32-15-7-4-12-27(32)30-23-35-31(22-33(30)43)28-13-5-8-16-34(28)44-35/h1-23H. The molecule has 0 saturated heterocycles. The molecule has 4 aromatic heterocycles. The Bertz CT molecular complexity index is 2750. The molecule has 0 bridgehead atoms. The van der Waals surface area contributed by atoms with E-state index in [2.05, 4.69) is 126 Å². The molecule has 0 aliphatic heterocycles. The van der Waals surface area contributed by atoms with Crippen molar-refractivity contribution in [2.75, 3.05) is 0 Å². The molecule has 0 saturated carbocycles. The van der Waals surface area contributed by atoms with Gasteiger partial charge >= 0.3 is 0 Å². The van der Waals surface area contributed by atoms with Crippen LogP contribution in [0, 0.1) is 0 Å². The molecule has 10 aromatic rings. The van der Waals surface area contributed by atoms with Gasteiger partial charge in [0.2, 0.25) is 0 Å². The van der Waals surface area contributed by atoms with Crippen LogP contribution < -0.4 is 0 Å². The minimum absolute atomic E-state index is 0.727. The van der Waals surface area contributed by atoms with Gasteiger partial charge in [0.25, 0.3) is 0 Å². The number of benzene rings is 6. The monoisotopic (exact) mass is 593 g/mol. The predicted molar refractivity (Wildman–Crippen MR) is 187 cm³/mol. The highest BCUT2D eigenvalue weighted by molar-refractivity contribution is 7.26. The van der Waals surface area contributed by atoms with Crippen molar-refractivity contribution in [1.82, 2.24) is 14.5 Å². The predicted octanol–water partition coefficient (Wildman–Crippen LogP) is 11.2. The first-order chi connectivity index (χ1) is 22.3. The molecule has 0 unspecified atom stereocenters. The van der Waals surface area contributed by atoms with Crippen molar-refractivity contribution < 1.29 is 4.42 Å². The van der Waals surface area contributed by atoms with Gasteiger partial charge in [-0.3, -0.25) is 0 Å². The van der Waals surface area contributed by atoms with E-state index in [4.69, 9.17) is 14.4 Å². The summed E-state index contributed by atoms with van der Waals surface area (Å²) in [5.74, 6) is 0.727. The largest absolute Gasteiger partial charge is 0.456 e. The molecular weight excluding hydrogens is 571 g/mol. The van der Waals surface area contributed by atoms with Crippen molar-refractivity contribution in [1.29, 1.82) is 0 Å². The highest BCUT2D eigenvalue weighted by atomic mass is 32.1. The maximum atomic E-state index is 6.26. The van der Waals surface area contributed by atoms with Gasteiger partial charge in [-0.15, -0.1) is 11.3 Å². The van der Waals surface area contributed by atoms with Gasteiger partial charge in [-0.05, 0) is 54.6 Å². The van der Waals surface area contributed by atoms with Gasteiger partial charge in [-0.25, -0.2) is 9.97 Å². The average Bonchev–Trinajstić information content (AvgIpc) is 3.76. The lowest BCUT2D eigenvalue weighted by molar-refractivity contribution is 0.669. The summed E-state index contributed by atoms with van der Waals surface area (Å²) in [6.45, 7) is 0. The summed E-state index contributed by atoms with van der Waals surface area (Å²) < 4.78 is 10.9. The zero-order valence-corrected chi connectivity index (χ0v) is 24.8. The van der Waals surface area contributed by atoms with E-state index in [-0.39, 0.29) is 0 Å². The molecule has 6 aromatic carbocycles. The molecule has 0 spiro atoms. The van der Waals surface area contributed by atoms with Crippen LogP contribution >= 0.6 is 11.3 Å². The lowest BCUT2D eigenvalue weighted by Crippen LogP contribution is -1.96. The number of aromatic nitrogens is 3. The first-order valence-electron chi connectivity index (χ1n) is 15.0. The van der Waals surface area contributed by atoms with Crippen LogP contribution in [0.2, 0.25) is 0 Å². The molecular formula is C40H23N3OS. The van der Waals surface area contributed by atoms with Crippen molar-refractivity contribution in [3.63, 3.8) is 0 Å². The van der Waals surface area contributed by atoms with Gasteiger partial charge in [0.1, 0.15) is 11.2 Å². The van der Waals surface area contributed by atoms with Crippen LogP contribution in [0.15, 0.2) is 144 Å². The molecule has 4 nitrogen and oxygen atoms in total. The lowest BCUT2D eigenvalue weighted by atomic mass is 10.1. The van der Waals surface area contributed by atoms with Crippen LogP contribution in [0.1, 0.15) is 0 Å². The first-order valence-corrected chi connectivity index (χ1v) is 15.8. The van der Waals surface area contributed by atoms with Crippen LogP contribution in [-0.2, 0) is 0 Å². The minimum Gasteiger partial charge on any atom is -0.456 e. The summed E-state index contributed by atoms with van der Waals surface area (Å²) in [5, 5.41) is 5.79. The summed E-state index contributed by atoms with van der Waals surface area (Å²) in [4.78, 5) is 10.3. The molecule has 5 heteroatoms. The number of para-hydroxylation sites is 2. The fourth-order valence-electron chi connectivity index (χ4n) is 6.74. The lowest BCUT2D eigenvalue weighted by Gasteiger charge is -2.10. The zero-order chi connectivity index (χ0) is 29.5. The van der Waals surface area contributed by atoms with E-state index < -0.39 is 0 Å². The van der Waals surface area contributed by atoms with E-state index >= 15 is 0 Å². The summed E-state index contributed by atoms with van der Waals surface area (Å²) in [6, 6.07) is 48.9. The van der Waals surface area contributed by atoms with Crippen LogP contribution in [0.25, 0.3) is 92.4 Å². The quantitative estimate of drug-likeness (QED) is 0.205. The Labute approximate surface area is 261 Å². The van der Waals surface area contributed by atoms with Gasteiger partial charge in [0.05, 0.1) is 26.9 Å². The second-order valence-electron chi connectivity index (χ2n) is 11.4. The Balaban J connectivity index is 1.18. The normalized spacial score (nSPS) is 12.0. The Morgan fingerprint density at radius 2 is 1.24 bits per heavy atom. The van der Waals surface area contributed by atoms with Crippen LogP contribution in [-0.4, -0.2) is 14.5 Å². The number of furan rings is 1. The zero-order valence-electron chi connectivity index (χ0n) is 23.9. The van der Waals surface area contributed by atoms with Crippen molar-refractivity contribution in [2.24, 2.45) is 0 Å². The molecule has 0 atom stereocenters. The smallest absolute Gasteiger partial charge is 0.160 e. The van der Waals surface area contributed by atoms with E-state index in [1.54, 1.807) is 11.3 Å². The highest BCUT2D eigenvalue weighted by Gasteiger charge is 2.18. The Kier molecular flexibility index (Phi) is 5.12. The first kappa shape index (κ1) is 24.6. The van der Waals surface area contributed by atoms with E-state index in [1.165, 1.54) is 20.9 Å². The van der Waals surface area contributed by atoms with E-state index in [0.717, 1.165) is 71.5 Å². The molecule has 210 valence electrons. The minimum atomic E-state index is 0.727. The number of rotatable bonds is 3. The van der Waals surface area contributed by atoms with E-state index in [9.17, 15) is 0 Å². The topological polar surface area (TPSA) is 43.9 Å². The summed E-state index contributed by atoms with van der Waals surface area (Å²) in [7, 11) is 0. The van der Waals surface area contributed by atoms with Gasteiger partial charge in [0.15, 0.2) is 5.82 Å². The number of nitrogens with zero attached hydrogens (tertiary/aromatic N) is 3. The van der Waals surface area contributed by atoms with E-state index in [0.29, 0.717) is 0 Å². The second-order valence-corrected chi connectivity index (χ2v) is 12.5. The molecule has 0 radical (unpaired) electrons. The van der Waals surface area contributed by atoms with Crippen molar-refractivity contribution in [3.8, 4) is 28.3 Å². The molecule has 0 N–H and O–H groups in total. The van der Waals surface area contributed by atoms with Crippen molar-refractivity contribution in [2.45, 2.75) is 0 Å².